The lowest BCUT2D eigenvalue weighted by Gasteiger charge is -2.14. The molecule has 6 heteroatoms. The summed E-state index contributed by atoms with van der Waals surface area (Å²) in [7, 11) is 0. The van der Waals surface area contributed by atoms with E-state index in [1.54, 1.807) is 19.1 Å². The van der Waals surface area contributed by atoms with Gasteiger partial charge in [0.2, 0.25) is 5.91 Å². The Morgan fingerprint density at radius 1 is 1.50 bits per heavy atom. The molecule has 4 nitrogen and oxygen atoms in total. The highest BCUT2D eigenvalue weighted by Crippen LogP contribution is 2.22. The van der Waals surface area contributed by atoms with Crippen LogP contribution >= 0.6 is 27.5 Å². The Morgan fingerprint density at radius 2 is 2.17 bits per heavy atom. The van der Waals surface area contributed by atoms with E-state index in [1.807, 2.05) is 0 Å². The largest absolute Gasteiger partial charge is 0.457 e. The van der Waals surface area contributed by atoms with Gasteiger partial charge in [0.05, 0.1) is 12.1 Å². The number of hydrogen-bond acceptors (Lipinski definition) is 3. The molecule has 1 N–H and O–H groups in total. The molecule has 0 radical (unpaired) electrons. The molecule has 0 aliphatic carbocycles. The van der Waals surface area contributed by atoms with Crippen molar-refractivity contribution in [2.45, 2.75) is 20.0 Å². The predicted octanol–water partition coefficient (Wildman–Crippen LogP) is 2.78. The third-order valence-electron chi connectivity index (χ3n) is 2.10. The van der Waals surface area contributed by atoms with Crippen molar-refractivity contribution >= 4 is 39.4 Å². The fourth-order valence-corrected chi connectivity index (χ4v) is 1.81. The summed E-state index contributed by atoms with van der Waals surface area (Å²) in [6.07, 6.45) is -0.410. The zero-order chi connectivity index (χ0) is 13.7. The van der Waals surface area contributed by atoms with Gasteiger partial charge in [0.25, 0.3) is 0 Å². The third kappa shape index (κ3) is 4.66. The van der Waals surface area contributed by atoms with Crippen molar-refractivity contribution in [3.63, 3.8) is 0 Å². The summed E-state index contributed by atoms with van der Waals surface area (Å²) in [4.78, 5) is 22.6. The molecule has 0 aliphatic rings. The molecule has 1 aromatic rings. The van der Waals surface area contributed by atoms with Crippen molar-refractivity contribution in [1.82, 2.24) is 5.32 Å². The van der Waals surface area contributed by atoms with Crippen LogP contribution in [0.2, 0.25) is 5.02 Å². The number of nitrogens with one attached hydrogen (secondary N) is 1. The molecule has 0 fully saturated rings. The molecule has 0 aliphatic heterocycles. The molecule has 0 aromatic heterocycles. The Labute approximate surface area is 119 Å². The van der Waals surface area contributed by atoms with Crippen molar-refractivity contribution in [2.75, 3.05) is 6.54 Å². The maximum atomic E-state index is 11.8. The number of benzene rings is 1. The van der Waals surface area contributed by atoms with Crippen LogP contribution in [0.3, 0.4) is 0 Å². The highest BCUT2D eigenvalue weighted by molar-refractivity contribution is 9.10. The van der Waals surface area contributed by atoms with Crippen LogP contribution in [0.25, 0.3) is 0 Å². The number of esters is 1. The first-order valence-electron chi connectivity index (χ1n) is 5.30. The van der Waals surface area contributed by atoms with E-state index in [2.05, 4.69) is 21.2 Å². The minimum absolute atomic E-state index is 0.165. The Bertz CT molecular complexity index is 465. The summed E-state index contributed by atoms with van der Waals surface area (Å²) >= 11 is 9.07. The molecule has 0 unspecified atom stereocenters. The van der Waals surface area contributed by atoms with Crippen molar-refractivity contribution in [3.8, 4) is 0 Å². The first kappa shape index (κ1) is 15.0. The molecule has 0 bridgehead atoms. The van der Waals surface area contributed by atoms with Crippen molar-refractivity contribution in [3.05, 3.63) is 33.3 Å². The Hall–Kier alpha value is -1.07. The van der Waals surface area contributed by atoms with Gasteiger partial charge in [0.15, 0.2) is 0 Å². The maximum absolute atomic E-state index is 11.8. The lowest BCUT2D eigenvalue weighted by molar-refractivity contribution is -0.119. The van der Waals surface area contributed by atoms with Gasteiger partial charge >= 0.3 is 5.97 Å². The van der Waals surface area contributed by atoms with Gasteiger partial charge in [-0.1, -0.05) is 11.6 Å². The molecule has 1 rings (SSSR count). The standard InChI is InChI=1S/C12H13BrClNO3/c1-7(6-15-8(2)16)18-12(17)10-5-9(14)3-4-11(10)13/h3-5,7H,6H2,1-2H3,(H,15,16)/t7-/m1/s1. The second kappa shape index (κ2) is 6.75. The number of ether oxygens (including phenoxy) is 1. The maximum Gasteiger partial charge on any atom is 0.339 e. The molecule has 1 aromatic carbocycles. The number of hydrogen-bond donors (Lipinski definition) is 1. The Balaban J connectivity index is 2.64. The molecule has 18 heavy (non-hydrogen) atoms. The molecule has 1 atom stereocenters. The fraction of sp³-hybridized carbons (Fsp3) is 0.333. The molecule has 0 saturated carbocycles. The average molecular weight is 335 g/mol. The first-order chi connectivity index (χ1) is 8.40. The van der Waals surface area contributed by atoms with Gasteiger partial charge in [0, 0.05) is 16.4 Å². The van der Waals surface area contributed by atoms with Gasteiger partial charge in [0.1, 0.15) is 6.10 Å². The SMILES string of the molecule is CC(=O)NC[C@@H](C)OC(=O)c1cc(Cl)ccc1Br. The minimum atomic E-state index is -0.484. The van der Waals surface area contributed by atoms with Crippen LogP contribution in [0, 0.1) is 0 Å². The summed E-state index contributed by atoms with van der Waals surface area (Å²) in [5, 5.41) is 3.03. The predicted molar refractivity (Wildman–Crippen MR) is 72.7 cm³/mol. The fourth-order valence-electron chi connectivity index (χ4n) is 1.23. The molecule has 0 saturated heterocycles. The van der Waals surface area contributed by atoms with Crippen LogP contribution in [-0.2, 0) is 9.53 Å². The summed E-state index contributed by atoms with van der Waals surface area (Å²) in [5.74, 6) is -0.649. The third-order valence-corrected chi connectivity index (χ3v) is 3.02. The smallest absolute Gasteiger partial charge is 0.339 e. The second-order valence-corrected chi connectivity index (χ2v) is 5.07. The second-order valence-electron chi connectivity index (χ2n) is 3.78. The quantitative estimate of drug-likeness (QED) is 0.862. The van der Waals surface area contributed by atoms with E-state index in [4.69, 9.17) is 16.3 Å². The molecule has 1 amide bonds. The monoisotopic (exact) mass is 333 g/mol. The van der Waals surface area contributed by atoms with Gasteiger partial charge in [-0.3, -0.25) is 4.79 Å². The van der Waals surface area contributed by atoms with E-state index in [9.17, 15) is 9.59 Å². The Morgan fingerprint density at radius 3 is 2.78 bits per heavy atom. The zero-order valence-corrected chi connectivity index (χ0v) is 12.3. The van der Waals surface area contributed by atoms with Crippen molar-refractivity contribution in [2.24, 2.45) is 0 Å². The highest BCUT2D eigenvalue weighted by Gasteiger charge is 2.15. The normalized spacial score (nSPS) is 11.8. The van der Waals surface area contributed by atoms with Crippen LogP contribution in [0.1, 0.15) is 24.2 Å². The van der Waals surface area contributed by atoms with Gasteiger partial charge < -0.3 is 10.1 Å². The van der Waals surface area contributed by atoms with Gasteiger partial charge in [-0.2, -0.15) is 0 Å². The average Bonchev–Trinajstić information content (AvgIpc) is 2.29. The molecule has 0 heterocycles. The zero-order valence-electron chi connectivity index (χ0n) is 10.00. The lowest BCUT2D eigenvalue weighted by atomic mass is 10.2. The molecule has 0 spiro atoms. The molecular weight excluding hydrogens is 321 g/mol. The van der Waals surface area contributed by atoms with E-state index < -0.39 is 12.1 Å². The summed E-state index contributed by atoms with van der Waals surface area (Å²) in [6, 6.07) is 4.87. The summed E-state index contributed by atoms with van der Waals surface area (Å²) in [5.41, 5.74) is 0.358. The molecule has 98 valence electrons. The van der Waals surface area contributed by atoms with E-state index in [0.717, 1.165) is 0 Å². The van der Waals surface area contributed by atoms with Crippen molar-refractivity contribution in [1.29, 1.82) is 0 Å². The number of carbonyl (C=O) groups excluding carboxylic acids is 2. The molecular formula is C12H13BrClNO3. The van der Waals surface area contributed by atoms with E-state index in [-0.39, 0.29) is 12.5 Å². The van der Waals surface area contributed by atoms with E-state index in [0.29, 0.717) is 15.1 Å². The van der Waals surface area contributed by atoms with E-state index >= 15 is 0 Å². The van der Waals surface area contributed by atoms with Crippen molar-refractivity contribution < 1.29 is 14.3 Å². The number of rotatable bonds is 4. The summed E-state index contributed by atoms with van der Waals surface area (Å²) < 4.78 is 5.79. The number of carbonyl (C=O) groups is 2. The number of amides is 1. The van der Waals surface area contributed by atoms with Crippen LogP contribution in [0.4, 0.5) is 0 Å². The topological polar surface area (TPSA) is 55.4 Å². The van der Waals surface area contributed by atoms with Crippen LogP contribution < -0.4 is 5.32 Å². The summed E-state index contributed by atoms with van der Waals surface area (Å²) in [6.45, 7) is 3.38. The number of halogens is 2. The Kier molecular flexibility index (Phi) is 5.62. The van der Waals surface area contributed by atoms with Crippen LogP contribution in [0.5, 0.6) is 0 Å². The van der Waals surface area contributed by atoms with Gasteiger partial charge in [-0.25, -0.2) is 4.79 Å². The van der Waals surface area contributed by atoms with E-state index in [1.165, 1.54) is 13.0 Å². The van der Waals surface area contributed by atoms with Gasteiger partial charge in [-0.05, 0) is 41.1 Å². The van der Waals surface area contributed by atoms with Crippen LogP contribution in [-0.4, -0.2) is 24.5 Å². The van der Waals surface area contributed by atoms with Gasteiger partial charge in [-0.15, -0.1) is 0 Å². The minimum Gasteiger partial charge on any atom is -0.457 e. The first-order valence-corrected chi connectivity index (χ1v) is 6.47. The van der Waals surface area contributed by atoms with Crippen LogP contribution in [0.15, 0.2) is 22.7 Å². The highest BCUT2D eigenvalue weighted by atomic mass is 79.9. The lowest BCUT2D eigenvalue weighted by Crippen LogP contribution is -2.31.